The van der Waals surface area contributed by atoms with Crippen LogP contribution in [0.15, 0.2) is 5.38 Å². The van der Waals surface area contributed by atoms with Gasteiger partial charge in [-0.05, 0) is 20.8 Å². The van der Waals surface area contributed by atoms with Crippen LogP contribution in [0.4, 0.5) is 0 Å². The molecule has 0 saturated heterocycles. The van der Waals surface area contributed by atoms with Crippen molar-refractivity contribution in [3.8, 4) is 0 Å². The van der Waals surface area contributed by atoms with Gasteiger partial charge in [0.2, 0.25) is 0 Å². The van der Waals surface area contributed by atoms with E-state index in [1.165, 1.54) is 7.11 Å². The Labute approximate surface area is 100 Å². The molecule has 0 aromatic carbocycles. The molecule has 2 atom stereocenters. The van der Waals surface area contributed by atoms with Gasteiger partial charge in [-0.15, -0.1) is 11.3 Å². The van der Waals surface area contributed by atoms with E-state index in [1.54, 1.807) is 11.3 Å². The van der Waals surface area contributed by atoms with E-state index in [9.17, 15) is 4.79 Å². The molecule has 1 rings (SSSR count). The van der Waals surface area contributed by atoms with Gasteiger partial charge >= 0.3 is 5.97 Å². The number of methoxy groups -OCH3 is 1. The number of carbonyl (C=O) groups excluding carboxylic acids is 1. The van der Waals surface area contributed by atoms with Gasteiger partial charge in [0.05, 0.1) is 19.6 Å². The second-order valence-electron chi connectivity index (χ2n) is 3.90. The first-order valence-corrected chi connectivity index (χ1v) is 6.15. The Morgan fingerprint density at radius 1 is 1.62 bits per heavy atom. The van der Waals surface area contributed by atoms with Crippen LogP contribution < -0.4 is 5.32 Å². The zero-order valence-electron chi connectivity index (χ0n) is 10.1. The summed E-state index contributed by atoms with van der Waals surface area (Å²) in [5, 5.41) is 6.40. The molecule has 4 nitrogen and oxygen atoms in total. The minimum atomic E-state index is -0.192. The average Bonchev–Trinajstić information content (AvgIpc) is 2.64. The van der Waals surface area contributed by atoms with Crippen LogP contribution in [0.3, 0.4) is 0 Å². The van der Waals surface area contributed by atoms with E-state index in [0.717, 1.165) is 10.7 Å². The van der Waals surface area contributed by atoms with Crippen molar-refractivity contribution in [1.82, 2.24) is 10.3 Å². The molecule has 1 heterocycles. The minimum absolute atomic E-state index is 0.0895. The van der Waals surface area contributed by atoms with E-state index in [-0.39, 0.29) is 18.1 Å². The van der Waals surface area contributed by atoms with Crippen molar-refractivity contribution in [1.29, 1.82) is 0 Å². The molecule has 0 aliphatic rings. The number of hydrogen-bond donors (Lipinski definition) is 1. The highest BCUT2D eigenvalue weighted by Crippen LogP contribution is 2.18. The molecule has 0 radical (unpaired) electrons. The van der Waals surface area contributed by atoms with Crippen LogP contribution in [-0.2, 0) is 9.53 Å². The Hall–Kier alpha value is -0.940. The monoisotopic (exact) mass is 242 g/mol. The van der Waals surface area contributed by atoms with Gasteiger partial charge in [0.25, 0.3) is 0 Å². The largest absolute Gasteiger partial charge is 0.469 e. The molecule has 0 spiro atoms. The summed E-state index contributed by atoms with van der Waals surface area (Å²) in [5.41, 5.74) is 1.04. The van der Waals surface area contributed by atoms with Crippen LogP contribution in [0.1, 0.15) is 37.0 Å². The van der Waals surface area contributed by atoms with E-state index in [2.05, 4.69) is 15.0 Å². The highest BCUT2D eigenvalue weighted by atomic mass is 32.1. The predicted molar refractivity (Wildman–Crippen MR) is 64.5 cm³/mol. The third-order valence-corrected chi connectivity index (χ3v) is 3.39. The Bertz CT molecular complexity index is 352. The maximum absolute atomic E-state index is 11.1. The molecule has 0 aliphatic carbocycles. The maximum Gasteiger partial charge on any atom is 0.307 e. The van der Waals surface area contributed by atoms with E-state index in [0.29, 0.717) is 6.42 Å². The summed E-state index contributed by atoms with van der Waals surface area (Å²) < 4.78 is 4.62. The van der Waals surface area contributed by atoms with Crippen molar-refractivity contribution in [2.75, 3.05) is 7.11 Å². The van der Waals surface area contributed by atoms with Gasteiger partial charge in [-0.3, -0.25) is 4.79 Å². The molecule has 0 fully saturated rings. The molecule has 5 heteroatoms. The number of nitrogens with zero attached hydrogens (tertiary/aromatic N) is 1. The van der Waals surface area contributed by atoms with Crippen LogP contribution in [0.2, 0.25) is 0 Å². The number of carbonyl (C=O) groups is 1. The molecular weight excluding hydrogens is 224 g/mol. The van der Waals surface area contributed by atoms with Crippen molar-refractivity contribution < 1.29 is 9.53 Å². The average molecular weight is 242 g/mol. The van der Waals surface area contributed by atoms with Gasteiger partial charge in [0.1, 0.15) is 5.01 Å². The molecule has 16 heavy (non-hydrogen) atoms. The number of nitrogens with one attached hydrogen (secondary N) is 1. The van der Waals surface area contributed by atoms with Crippen LogP contribution >= 0.6 is 11.3 Å². The summed E-state index contributed by atoms with van der Waals surface area (Å²) in [7, 11) is 1.41. The number of rotatable bonds is 5. The Kier molecular flexibility index (Phi) is 4.89. The van der Waals surface area contributed by atoms with Gasteiger partial charge in [-0.2, -0.15) is 0 Å². The highest BCUT2D eigenvalue weighted by molar-refractivity contribution is 7.09. The summed E-state index contributed by atoms with van der Waals surface area (Å²) in [5.74, 6) is -0.192. The fourth-order valence-electron chi connectivity index (χ4n) is 1.46. The zero-order chi connectivity index (χ0) is 12.1. The molecule has 1 aromatic rings. The highest BCUT2D eigenvalue weighted by Gasteiger charge is 2.14. The number of aromatic nitrogens is 1. The Morgan fingerprint density at radius 3 is 2.81 bits per heavy atom. The SMILES string of the molecule is COC(=O)CC(C)NC(C)c1nc(C)cs1. The first-order chi connectivity index (χ1) is 7.52. The maximum atomic E-state index is 11.1. The van der Waals surface area contributed by atoms with Gasteiger partial charge in [-0.1, -0.05) is 0 Å². The fourth-order valence-corrected chi connectivity index (χ4v) is 2.27. The normalized spacial score (nSPS) is 14.5. The fraction of sp³-hybridized carbons (Fsp3) is 0.636. The molecule has 0 bridgehead atoms. The first kappa shape index (κ1) is 13.1. The number of hydrogen-bond acceptors (Lipinski definition) is 5. The second kappa shape index (κ2) is 5.96. The molecular formula is C11H18N2O2S. The van der Waals surface area contributed by atoms with Crippen molar-refractivity contribution in [2.24, 2.45) is 0 Å². The quantitative estimate of drug-likeness (QED) is 0.803. The number of ether oxygens (including phenoxy) is 1. The molecule has 0 aliphatic heterocycles. The van der Waals surface area contributed by atoms with Crippen LogP contribution in [-0.4, -0.2) is 24.1 Å². The van der Waals surface area contributed by atoms with E-state index in [1.807, 2.05) is 26.2 Å². The van der Waals surface area contributed by atoms with E-state index >= 15 is 0 Å². The summed E-state index contributed by atoms with van der Waals surface area (Å²) in [6.45, 7) is 5.99. The van der Waals surface area contributed by atoms with Gasteiger partial charge < -0.3 is 10.1 Å². The lowest BCUT2D eigenvalue weighted by molar-refractivity contribution is -0.141. The molecule has 0 saturated carbocycles. The molecule has 1 aromatic heterocycles. The minimum Gasteiger partial charge on any atom is -0.469 e. The van der Waals surface area contributed by atoms with E-state index in [4.69, 9.17) is 0 Å². The standard InChI is InChI=1S/C11H18N2O2S/c1-7(5-10(14)15-4)12-9(3)11-13-8(2)6-16-11/h6-7,9,12H,5H2,1-4H3. The van der Waals surface area contributed by atoms with Crippen molar-refractivity contribution in [3.05, 3.63) is 16.1 Å². The second-order valence-corrected chi connectivity index (χ2v) is 4.79. The summed E-state index contributed by atoms with van der Waals surface area (Å²) in [6.07, 6.45) is 0.380. The zero-order valence-corrected chi connectivity index (χ0v) is 10.9. The summed E-state index contributed by atoms with van der Waals surface area (Å²) in [4.78, 5) is 15.5. The molecule has 90 valence electrons. The van der Waals surface area contributed by atoms with Crippen molar-refractivity contribution in [2.45, 2.75) is 39.3 Å². The summed E-state index contributed by atoms with van der Waals surface area (Å²) in [6, 6.07) is 0.255. The number of aryl methyl sites for hydroxylation is 1. The summed E-state index contributed by atoms with van der Waals surface area (Å²) >= 11 is 1.63. The number of thiazole rings is 1. The molecule has 2 unspecified atom stereocenters. The van der Waals surface area contributed by atoms with E-state index < -0.39 is 0 Å². The Morgan fingerprint density at radius 2 is 2.31 bits per heavy atom. The van der Waals surface area contributed by atoms with Crippen molar-refractivity contribution in [3.63, 3.8) is 0 Å². The van der Waals surface area contributed by atoms with Gasteiger partial charge in [0.15, 0.2) is 0 Å². The third-order valence-electron chi connectivity index (χ3n) is 2.24. The smallest absolute Gasteiger partial charge is 0.307 e. The molecule has 1 N–H and O–H groups in total. The molecule has 0 amide bonds. The van der Waals surface area contributed by atoms with Gasteiger partial charge in [0, 0.05) is 17.1 Å². The van der Waals surface area contributed by atoms with Crippen LogP contribution in [0, 0.1) is 6.92 Å². The third kappa shape index (κ3) is 3.90. The predicted octanol–water partition coefficient (Wildman–Crippen LogP) is 2.05. The van der Waals surface area contributed by atoms with Gasteiger partial charge in [-0.25, -0.2) is 4.98 Å². The van der Waals surface area contributed by atoms with Crippen molar-refractivity contribution >= 4 is 17.3 Å². The number of esters is 1. The lowest BCUT2D eigenvalue weighted by Gasteiger charge is -2.17. The topological polar surface area (TPSA) is 51.2 Å². The lowest BCUT2D eigenvalue weighted by atomic mass is 10.2. The lowest BCUT2D eigenvalue weighted by Crippen LogP contribution is -2.31. The Balaban J connectivity index is 2.45. The van der Waals surface area contributed by atoms with Crippen LogP contribution in [0.25, 0.3) is 0 Å². The van der Waals surface area contributed by atoms with Crippen LogP contribution in [0.5, 0.6) is 0 Å². The first-order valence-electron chi connectivity index (χ1n) is 5.27.